The van der Waals surface area contributed by atoms with E-state index in [1.54, 1.807) is 18.2 Å². The number of phenolic OH excluding ortho intramolecular Hbond substituents is 1. The molecule has 0 unspecified atom stereocenters. The van der Waals surface area contributed by atoms with E-state index in [9.17, 15) is 25.4 Å². The number of pyridine rings is 1. The summed E-state index contributed by atoms with van der Waals surface area (Å²) in [6.07, 6.45) is 3.04. The van der Waals surface area contributed by atoms with E-state index >= 15 is 0 Å². The Bertz CT molecular complexity index is 1410. The molecule has 0 fully saturated rings. The first kappa shape index (κ1) is 25.9. The van der Waals surface area contributed by atoms with Gasteiger partial charge in [-0.05, 0) is 41.3 Å². The molecule has 10 nitrogen and oxygen atoms in total. The number of benzene rings is 1. The lowest BCUT2D eigenvalue weighted by atomic mass is 10.0. The molecule has 37 heavy (non-hydrogen) atoms. The van der Waals surface area contributed by atoms with Gasteiger partial charge in [0.25, 0.3) is 0 Å². The number of aromatic nitrogens is 1. The molecular weight excluding hydrogens is 498 g/mol. The van der Waals surface area contributed by atoms with Crippen molar-refractivity contribution in [1.29, 1.82) is 5.26 Å². The van der Waals surface area contributed by atoms with Crippen LogP contribution in [0.4, 0.5) is 0 Å². The van der Waals surface area contributed by atoms with Gasteiger partial charge in [0, 0.05) is 11.1 Å². The number of hydrogen-bond donors (Lipinski definition) is 4. The van der Waals surface area contributed by atoms with E-state index in [0.717, 1.165) is 4.88 Å². The number of aliphatic hydroxyl groups is 2. The molecule has 190 valence electrons. The number of nitrogens with two attached hydrogens (primary N) is 1. The number of rotatable bonds is 10. The van der Waals surface area contributed by atoms with Gasteiger partial charge in [0.1, 0.15) is 36.2 Å². The number of furan rings is 1. The van der Waals surface area contributed by atoms with Crippen LogP contribution in [0.2, 0.25) is 0 Å². The highest BCUT2D eigenvalue weighted by atomic mass is 32.1. The Morgan fingerprint density at radius 1 is 1.22 bits per heavy atom. The van der Waals surface area contributed by atoms with Gasteiger partial charge in [-0.25, -0.2) is 9.78 Å². The van der Waals surface area contributed by atoms with Crippen LogP contribution in [0.3, 0.4) is 0 Å². The number of aromatic hydroxyl groups is 1. The Kier molecular flexibility index (Phi) is 7.86. The van der Waals surface area contributed by atoms with Gasteiger partial charge in [0.15, 0.2) is 0 Å². The molecule has 0 aliphatic carbocycles. The molecule has 5 N–H and O–H groups in total. The van der Waals surface area contributed by atoms with E-state index in [0.29, 0.717) is 22.4 Å². The van der Waals surface area contributed by atoms with Crippen molar-refractivity contribution < 1.29 is 34.0 Å². The molecule has 0 radical (unpaired) electrons. The molecule has 0 amide bonds. The Hall–Kier alpha value is -4.21. The SMILES string of the molecule is N#Cc1c(-c2ccoc2)cc(-c2cccs2)nc1OCc1ccc(C(=O)OCC(N)(CO)CO)c(O)c1. The van der Waals surface area contributed by atoms with Crippen molar-refractivity contribution in [3.8, 4) is 39.4 Å². The first-order valence-electron chi connectivity index (χ1n) is 11.0. The van der Waals surface area contributed by atoms with E-state index in [2.05, 4.69) is 11.1 Å². The Morgan fingerprint density at radius 2 is 2.03 bits per heavy atom. The van der Waals surface area contributed by atoms with Crippen LogP contribution in [-0.2, 0) is 11.3 Å². The second-order valence-electron chi connectivity index (χ2n) is 8.23. The van der Waals surface area contributed by atoms with Crippen molar-refractivity contribution in [3.63, 3.8) is 0 Å². The van der Waals surface area contributed by atoms with Gasteiger partial charge in [-0.3, -0.25) is 0 Å². The van der Waals surface area contributed by atoms with Gasteiger partial charge >= 0.3 is 5.97 Å². The number of nitriles is 1. The molecule has 3 aromatic heterocycles. The van der Waals surface area contributed by atoms with Crippen molar-refractivity contribution in [2.75, 3.05) is 19.8 Å². The quantitative estimate of drug-likeness (QED) is 0.227. The number of carbonyl (C=O) groups excluding carboxylic acids is 1. The number of thiophene rings is 1. The van der Waals surface area contributed by atoms with Crippen molar-refractivity contribution in [2.45, 2.75) is 12.1 Å². The second kappa shape index (κ2) is 11.2. The number of esters is 1. The van der Waals surface area contributed by atoms with Gasteiger partial charge in [-0.15, -0.1) is 11.3 Å². The third-order valence-corrected chi connectivity index (χ3v) is 6.37. The Balaban J connectivity index is 1.56. The predicted molar refractivity (Wildman–Crippen MR) is 134 cm³/mol. The Labute approximate surface area is 215 Å². The topological polar surface area (TPSA) is 172 Å². The number of carbonyl (C=O) groups is 1. The van der Waals surface area contributed by atoms with E-state index in [1.165, 1.54) is 36.0 Å². The third-order valence-electron chi connectivity index (χ3n) is 5.48. The van der Waals surface area contributed by atoms with Crippen molar-refractivity contribution >= 4 is 17.3 Å². The van der Waals surface area contributed by atoms with Gasteiger partial charge in [-0.2, -0.15) is 5.26 Å². The second-order valence-corrected chi connectivity index (χ2v) is 9.18. The molecule has 0 saturated heterocycles. The van der Waals surface area contributed by atoms with Crippen LogP contribution in [-0.4, -0.2) is 51.6 Å². The smallest absolute Gasteiger partial charge is 0.341 e. The maximum atomic E-state index is 12.3. The summed E-state index contributed by atoms with van der Waals surface area (Å²) in [7, 11) is 0. The summed E-state index contributed by atoms with van der Waals surface area (Å²) in [6.45, 7) is -1.67. The minimum atomic E-state index is -1.49. The maximum Gasteiger partial charge on any atom is 0.341 e. The summed E-state index contributed by atoms with van der Waals surface area (Å²) < 4.78 is 16.1. The average Bonchev–Trinajstić information content (AvgIpc) is 3.65. The largest absolute Gasteiger partial charge is 0.507 e. The van der Waals surface area contributed by atoms with Crippen LogP contribution >= 0.6 is 11.3 Å². The Morgan fingerprint density at radius 3 is 2.65 bits per heavy atom. The summed E-state index contributed by atoms with van der Waals surface area (Å²) in [5.74, 6) is -1.12. The van der Waals surface area contributed by atoms with Crippen LogP contribution in [0.15, 0.2) is 64.8 Å². The minimum Gasteiger partial charge on any atom is -0.507 e. The predicted octanol–water partition coefficient (Wildman–Crippen LogP) is 3.07. The zero-order valence-electron chi connectivity index (χ0n) is 19.5. The minimum absolute atomic E-state index is 0.0514. The number of hydrogen-bond acceptors (Lipinski definition) is 11. The van der Waals surface area contributed by atoms with Crippen molar-refractivity contribution in [2.24, 2.45) is 5.73 Å². The monoisotopic (exact) mass is 521 g/mol. The van der Waals surface area contributed by atoms with E-state index in [4.69, 9.17) is 19.6 Å². The van der Waals surface area contributed by atoms with Gasteiger partial charge in [-0.1, -0.05) is 12.1 Å². The molecule has 1 aromatic carbocycles. The average molecular weight is 522 g/mol. The number of nitrogens with zero attached hydrogens (tertiary/aromatic N) is 2. The summed E-state index contributed by atoms with van der Waals surface area (Å²) in [4.78, 5) is 17.8. The highest BCUT2D eigenvalue weighted by Gasteiger charge is 2.26. The fraction of sp³-hybridized carbons (Fsp3) is 0.192. The highest BCUT2D eigenvalue weighted by molar-refractivity contribution is 7.13. The van der Waals surface area contributed by atoms with Crippen LogP contribution in [0.5, 0.6) is 11.6 Å². The van der Waals surface area contributed by atoms with Crippen LogP contribution in [0.25, 0.3) is 21.7 Å². The van der Waals surface area contributed by atoms with Gasteiger partial charge < -0.3 is 34.9 Å². The van der Waals surface area contributed by atoms with Crippen molar-refractivity contribution in [3.05, 3.63) is 77.1 Å². The number of ether oxygens (including phenoxy) is 2. The summed E-state index contributed by atoms with van der Waals surface area (Å²) in [5.41, 5.74) is 6.75. The molecule has 0 aliphatic heterocycles. The van der Waals surface area contributed by atoms with E-state index in [-0.39, 0.29) is 29.4 Å². The summed E-state index contributed by atoms with van der Waals surface area (Å²) in [5, 5.41) is 40.6. The fourth-order valence-electron chi connectivity index (χ4n) is 3.35. The number of aliphatic hydroxyl groups excluding tert-OH is 2. The first-order valence-corrected chi connectivity index (χ1v) is 11.9. The van der Waals surface area contributed by atoms with Gasteiger partial charge in [0.2, 0.25) is 5.88 Å². The zero-order valence-corrected chi connectivity index (χ0v) is 20.3. The van der Waals surface area contributed by atoms with Crippen LogP contribution in [0.1, 0.15) is 21.5 Å². The molecule has 0 bridgehead atoms. The third kappa shape index (κ3) is 5.79. The fourth-order valence-corrected chi connectivity index (χ4v) is 4.04. The normalized spacial score (nSPS) is 11.2. The number of phenols is 1. The lowest BCUT2D eigenvalue weighted by Crippen LogP contribution is -2.51. The molecule has 0 aliphatic rings. The zero-order chi connectivity index (χ0) is 26.4. The molecule has 0 atom stereocenters. The molecule has 11 heteroatoms. The van der Waals surface area contributed by atoms with Crippen LogP contribution < -0.4 is 10.5 Å². The maximum absolute atomic E-state index is 12.3. The molecule has 4 aromatic rings. The lowest BCUT2D eigenvalue weighted by molar-refractivity contribution is 0.0207. The van der Waals surface area contributed by atoms with Gasteiger partial charge in [0.05, 0.1) is 41.9 Å². The van der Waals surface area contributed by atoms with E-state index < -0.39 is 31.3 Å². The lowest BCUT2D eigenvalue weighted by Gasteiger charge is -2.23. The van der Waals surface area contributed by atoms with E-state index in [1.807, 2.05) is 17.5 Å². The highest BCUT2D eigenvalue weighted by Crippen LogP contribution is 2.35. The molecule has 4 rings (SSSR count). The van der Waals surface area contributed by atoms with Crippen LogP contribution in [0, 0.1) is 11.3 Å². The van der Waals surface area contributed by atoms with Crippen molar-refractivity contribution in [1.82, 2.24) is 4.98 Å². The summed E-state index contributed by atoms with van der Waals surface area (Å²) in [6, 6.07) is 13.7. The standard InChI is InChI=1S/C26H23N3O7S/c27-10-20-19(17-5-6-34-12-17)9-21(23-2-1-7-37-23)29-24(20)35-11-16-3-4-18(22(32)8-16)25(33)36-15-26(28,13-30)14-31/h1-9,12,30-32H,11,13-15,28H2. The molecule has 0 saturated carbocycles. The molecule has 3 heterocycles. The molecule has 0 spiro atoms. The summed E-state index contributed by atoms with van der Waals surface area (Å²) >= 11 is 1.50. The molecular formula is C26H23N3O7S. The first-order chi connectivity index (χ1) is 17.9.